The summed E-state index contributed by atoms with van der Waals surface area (Å²) in [6.45, 7) is 2.98. The molecule has 0 radical (unpaired) electrons. The number of nitrogens with one attached hydrogen (secondary N) is 1. The maximum Gasteiger partial charge on any atom is 0.197 e. The van der Waals surface area contributed by atoms with Crippen molar-refractivity contribution < 1.29 is 4.42 Å². The fraction of sp³-hybridized carbons (Fsp3) is 0.286. The van der Waals surface area contributed by atoms with Crippen molar-refractivity contribution in [2.45, 2.75) is 19.4 Å². The largest absolute Gasteiger partial charge is 0.453 e. The minimum atomic E-state index is 0.183. The number of benzene rings is 1. The molecule has 0 amide bonds. The molecule has 96 valence electrons. The van der Waals surface area contributed by atoms with E-state index >= 15 is 0 Å². The van der Waals surface area contributed by atoms with Crippen LogP contribution in [0.1, 0.15) is 24.1 Å². The summed E-state index contributed by atoms with van der Waals surface area (Å²) in [5.41, 5.74) is 2.28. The molecule has 2 rings (SSSR count). The maximum absolute atomic E-state index is 6.05. The van der Waals surface area contributed by atoms with Gasteiger partial charge in [0.05, 0.1) is 6.26 Å². The van der Waals surface area contributed by atoms with Crippen molar-refractivity contribution in [3.63, 3.8) is 0 Å². The van der Waals surface area contributed by atoms with Gasteiger partial charge >= 0.3 is 0 Å². The summed E-state index contributed by atoms with van der Waals surface area (Å²) in [6.07, 6.45) is 2.52. The predicted molar refractivity (Wildman–Crippen MR) is 78.0 cm³/mol. The molecule has 0 aliphatic rings. The van der Waals surface area contributed by atoms with Crippen LogP contribution in [0, 0.1) is 0 Å². The van der Waals surface area contributed by atoms with Gasteiger partial charge in [0, 0.05) is 16.1 Å². The van der Waals surface area contributed by atoms with Crippen LogP contribution in [0.2, 0.25) is 5.22 Å². The molecule has 18 heavy (non-hydrogen) atoms. The predicted octanol–water partition coefficient (Wildman–Crippen LogP) is 4.59. The maximum atomic E-state index is 6.05. The van der Waals surface area contributed by atoms with Crippen LogP contribution in [-0.2, 0) is 6.42 Å². The van der Waals surface area contributed by atoms with E-state index in [0.717, 1.165) is 23.0 Å². The van der Waals surface area contributed by atoms with E-state index in [9.17, 15) is 0 Å². The van der Waals surface area contributed by atoms with Gasteiger partial charge in [-0.2, -0.15) is 0 Å². The normalized spacial score (nSPS) is 12.6. The third-order valence-corrected chi connectivity index (χ3v) is 3.66. The summed E-state index contributed by atoms with van der Waals surface area (Å²) >= 11 is 9.49. The molecule has 1 heterocycles. The lowest BCUT2D eigenvalue weighted by Crippen LogP contribution is -2.22. The zero-order valence-corrected chi connectivity index (χ0v) is 12.5. The van der Waals surface area contributed by atoms with Gasteiger partial charge in [0.1, 0.15) is 0 Å². The number of furan rings is 1. The Labute approximate surface area is 120 Å². The average Bonchev–Trinajstić information content (AvgIpc) is 2.78. The highest BCUT2D eigenvalue weighted by molar-refractivity contribution is 9.10. The van der Waals surface area contributed by atoms with Crippen LogP contribution in [0.3, 0.4) is 0 Å². The van der Waals surface area contributed by atoms with Crippen molar-refractivity contribution in [2.75, 3.05) is 6.54 Å². The van der Waals surface area contributed by atoms with Crippen molar-refractivity contribution in [1.82, 2.24) is 5.32 Å². The van der Waals surface area contributed by atoms with Crippen molar-refractivity contribution in [3.05, 3.63) is 57.4 Å². The lowest BCUT2D eigenvalue weighted by molar-refractivity contribution is 0.526. The molecule has 1 atom stereocenters. The molecule has 2 nitrogen and oxygen atoms in total. The smallest absolute Gasteiger partial charge is 0.197 e. The van der Waals surface area contributed by atoms with Crippen LogP contribution >= 0.6 is 27.5 Å². The lowest BCUT2D eigenvalue weighted by Gasteiger charge is -2.17. The molecular weight excluding hydrogens is 314 g/mol. The Balaban J connectivity index is 2.16. The van der Waals surface area contributed by atoms with Crippen LogP contribution in [0.5, 0.6) is 0 Å². The summed E-state index contributed by atoms with van der Waals surface area (Å²) < 4.78 is 6.26. The van der Waals surface area contributed by atoms with Crippen molar-refractivity contribution in [1.29, 1.82) is 0 Å². The van der Waals surface area contributed by atoms with Crippen LogP contribution in [0.25, 0.3) is 0 Å². The summed E-state index contributed by atoms with van der Waals surface area (Å²) in [4.78, 5) is 0. The van der Waals surface area contributed by atoms with Crippen molar-refractivity contribution in [3.8, 4) is 0 Å². The first-order valence-electron chi connectivity index (χ1n) is 5.91. The number of rotatable bonds is 5. The van der Waals surface area contributed by atoms with Gasteiger partial charge in [-0.15, -0.1) is 0 Å². The Bertz CT molecular complexity index is 495. The van der Waals surface area contributed by atoms with Crippen molar-refractivity contribution in [2.24, 2.45) is 0 Å². The van der Waals surface area contributed by atoms with E-state index in [4.69, 9.17) is 16.0 Å². The zero-order valence-electron chi connectivity index (χ0n) is 10.1. The van der Waals surface area contributed by atoms with Crippen LogP contribution in [0.4, 0.5) is 0 Å². The number of hydrogen-bond acceptors (Lipinski definition) is 2. The summed E-state index contributed by atoms with van der Waals surface area (Å²) in [7, 11) is 0. The van der Waals surface area contributed by atoms with E-state index in [1.165, 1.54) is 5.56 Å². The zero-order chi connectivity index (χ0) is 13.0. The first-order valence-corrected chi connectivity index (χ1v) is 7.08. The Morgan fingerprint density at radius 1 is 1.28 bits per heavy atom. The Morgan fingerprint density at radius 3 is 2.56 bits per heavy atom. The van der Waals surface area contributed by atoms with E-state index in [0.29, 0.717) is 5.22 Å². The fourth-order valence-electron chi connectivity index (χ4n) is 1.95. The standard InChI is InChI=1S/C14H15BrClNO/c1-2-17-13(12-7-8-18-14(12)16)9-10-3-5-11(15)6-4-10/h3-8,13,17H,2,9H2,1H3. The second-order valence-corrected chi connectivity index (χ2v) is 5.35. The molecule has 0 saturated heterocycles. The monoisotopic (exact) mass is 327 g/mol. The van der Waals surface area contributed by atoms with E-state index in [2.05, 4.69) is 52.4 Å². The quantitative estimate of drug-likeness (QED) is 0.868. The van der Waals surface area contributed by atoms with E-state index in [1.54, 1.807) is 6.26 Å². The van der Waals surface area contributed by atoms with E-state index < -0.39 is 0 Å². The van der Waals surface area contributed by atoms with Gasteiger partial charge < -0.3 is 9.73 Å². The van der Waals surface area contributed by atoms with Crippen LogP contribution in [-0.4, -0.2) is 6.54 Å². The average molecular weight is 329 g/mol. The molecule has 0 saturated carbocycles. The summed E-state index contributed by atoms with van der Waals surface area (Å²) in [5.74, 6) is 0. The first-order chi connectivity index (χ1) is 8.70. The van der Waals surface area contributed by atoms with Gasteiger partial charge in [0.15, 0.2) is 5.22 Å². The molecule has 0 aliphatic heterocycles. The summed E-state index contributed by atoms with van der Waals surface area (Å²) in [6, 6.07) is 10.4. The number of halogens is 2. The Kier molecular flexibility index (Phi) is 4.87. The number of hydrogen-bond donors (Lipinski definition) is 1. The highest BCUT2D eigenvalue weighted by Gasteiger charge is 2.16. The van der Waals surface area contributed by atoms with Gasteiger partial charge in [-0.05, 0) is 48.3 Å². The van der Waals surface area contributed by atoms with Gasteiger partial charge in [-0.3, -0.25) is 0 Å². The SMILES string of the molecule is CCNC(Cc1ccc(Br)cc1)c1ccoc1Cl. The molecule has 1 N–H and O–H groups in total. The van der Waals surface area contributed by atoms with Gasteiger partial charge in [0.25, 0.3) is 0 Å². The Hall–Kier alpha value is -0.770. The third kappa shape index (κ3) is 3.37. The fourth-order valence-corrected chi connectivity index (χ4v) is 2.46. The molecule has 1 aromatic carbocycles. The van der Waals surface area contributed by atoms with Crippen molar-refractivity contribution >= 4 is 27.5 Å². The first kappa shape index (κ1) is 13.7. The number of likely N-dealkylation sites (N-methyl/N-ethyl adjacent to an activating group) is 1. The second kappa shape index (κ2) is 6.41. The highest BCUT2D eigenvalue weighted by Crippen LogP contribution is 2.27. The molecule has 0 fully saturated rings. The third-order valence-electron chi connectivity index (χ3n) is 2.83. The lowest BCUT2D eigenvalue weighted by atomic mass is 10.0. The van der Waals surface area contributed by atoms with Gasteiger partial charge in [-0.25, -0.2) is 0 Å². The minimum absolute atomic E-state index is 0.183. The molecule has 0 aliphatic carbocycles. The van der Waals surface area contributed by atoms with Gasteiger partial charge in [-0.1, -0.05) is 35.0 Å². The van der Waals surface area contributed by atoms with Crippen LogP contribution < -0.4 is 5.32 Å². The molecule has 2 aromatic rings. The van der Waals surface area contributed by atoms with E-state index in [-0.39, 0.29) is 6.04 Å². The summed E-state index contributed by atoms with van der Waals surface area (Å²) in [5, 5.41) is 3.90. The Morgan fingerprint density at radius 2 is 2.00 bits per heavy atom. The van der Waals surface area contributed by atoms with Gasteiger partial charge in [0.2, 0.25) is 0 Å². The molecule has 0 spiro atoms. The van der Waals surface area contributed by atoms with Crippen LogP contribution in [0.15, 0.2) is 45.5 Å². The molecule has 1 unspecified atom stereocenters. The second-order valence-electron chi connectivity index (χ2n) is 4.09. The topological polar surface area (TPSA) is 25.2 Å². The molecule has 4 heteroatoms. The highest BCUT2D eigenvalue weighted by atomic mass is 79.9. The minimum Gasteiger partial charge on any atom is -0.453 e. The molecular formula is C14H15BrClNO. The van der Waals surface area contributed by atoms with E-state index in [1.807, 2.05) is 6.07 Å². The molecule has 1 aromatic heterocycles. The molecule has 0 bridgehead atoms.